The van der Waals surface area contributed by atoms with Gasteiger partial charge in [-0.1, -0.05) is 0 Å². The lowest BCUT2D eigenvalue weighted by Crippen LogP contribution is -2.49. The van der Waals surface area contributed by atoms with Crippen LogP contribution in [-0.4, -0.2) is 71.6 Å². The Morgan fingerprint density at radius 3 is 2.13 bits per heavy atom. The van der Waals surface area contributed by atoms with E-state index in [0.29, 0.717) is 32.7 Å². The Kier molecular flexibility index (Phi) is 5.74. The summed E-state index contributed by atoms with van der Waals surface area (Å²) in [7, 11) is -6.83. The molecule has 1 aromatic carbocycles. The van der Waals surface area contributed by atoms with Crippen molar-refractivity contribution >= 4 is 20.0 Å². The minimum absolute atomic E-state index is 0.0146. The molecule has 0 atom stereocenters. The Labute approximate surface area is 136 Å². The fourth-order valence-corrected chi connectivity index (χ4v) is 4.17. The normalized spacial score (nSPS) is 18.2. The van der Waals surface area contributed by atoms with Gasteiger partial charge in [-0.15, -0.1) is 0 Å². The average Bonchev–Trinajstić information content (AvgIpc) is 2.47. The summed E-state index contributed by atoms with van der Waals surface area (Å²) >= 11 is 0. The molecule has 0 saturated carbocycles. The van der Waals surface area contributed by atoms with E-state index in [2.05, 4.69) is 4.72 Å². The smallest absolute Gasteiger partial charge is 0.240 e. The number of piperazine rings is 1. The predicted octanol–water partition coefficient (Wildman–Crippen LogP) is -0.319. The summed E-state index contributed by atoms with van der Waals surface area (Å²) in [6, 6.07) is 4.61. The zero-order valence-electron chi connectivity index (χ0n) is 12.8. The first-order valence-corrected chi connectivity index (χ1v) is 10.4. The third-order valence-electron chi connectivity index (χ3n) is 3.64. The second-order valence-electron chi connectivity index (χ2n) is 5.36. The van der Waals surface area contributed by atoms with Crippen LogP contribution in [-0.2, 0) is 20.0 Å². The number of nitrogens with one attached hydrogen (secondary N) is 1. The van der Waals surface area contributed by atoms with Crippen LogP contribution in [0.2, 0.25) is 0 Å². The Morgan fingerprint density at radius 2 is 1.61 bits per heavy atom. The first kappa shape index (κ1) is 18.3. The molecule has 10 heteroatoms. The molecule has 1 aromatic rings. The molecule has 1 saturated heterocycles. The van der Waals surface area contributed by atoms with Crippen molar-refractivity contribution in [3.05, 3.63) is 30.1 Å². The van der Waals surface area contributed by atoms with Crippen LogP contribution in [0.1, 0.15) is 0 Å². The molecule has 0 amide bonds. The highest BCUT2D eigenvalue weighted by atomic mass is 32.2. The van der Waals surface area contributed by atoms with E-state index in [1.54, 1.807) is 0 Å². The molecule has 1 N–H and O–H groups in total. The van der Waals surface area contributed by atoms with Crippen molar-refractivity contribution in [2.45, 2.75) is 4.90 Å². The molecular weight excluding hydrogens is 345 g/mol. The fraction of sp³-hybridized carbons (Fsp3) is 0.538. The lowest BCUT2D eigenvalue weighted by Gasteiger charge is -2.33. The Balaban J connectivity index is 1.80. The van der Waals surface area contributed by atoms with Crippen LogP contribution in [0.3, 0.4) is 0 Å². The summed E-state index contributed by atoms with van der Waals surface area (Å²) in [4.78, 5) is 2.01. The average molecular weight is 365 g/mol. The van der Waals surface area contributed by atoms with E-state index in [-0.39, 0.29) is 11.4 Å². The number of rotatable bonds is 6. The minimum atomic E-state index is -3.66. The SMILES string of the molecule is CS(=O)(=O)N1CCN(CCNS(=O)(=O)c2ccc(F)cc2)CC1. The molecule has 23 heavy (non-hydrogen) atoms. The maximum Gasteiger partial charge on any atom is 0.240 e. The summed E-state index contributed by atoms with van der Waals surface area (Å²) in [6.45, 7) is 2.63. The quantitative estimate of drug-likeness (QED) is 0.747. The highest BCUT2D eigenvalue weighted by Crippen LogP contribution is 2.09. The molecule has 130 valence electrons. The zero-order chi connectivity index (χ0) is 17.1. The van der Waals surface area contributed by atoms with E-state index in [1.807, 2.05) is 4.90 Å². The topological polar surface area (TPSA) is 86.8 Å². The Morgan fingerprint density at radius 1 is 1.04 bits per heavy atom. The van der Waals surface area contributed by atoms with Crippen LogP contribution in [0.25, 0.3) is 0 Å². The van der Waals surface area contributed by atoms with Gasteiger partial charge in [0.2, 0.25) is 20.0 Å². The van der Waals surface area contributed by atoms with E-state index >= 15 is 0 Å². The Bertz CT molecular complexity index is 727. The number of hydrogen-bond acceptors (Lipinski definition) is 5. The van der Waals surface area contributed by atoms with Crippen LogP contribution in [0.5, 0.6) is 0 Å². The Hall–Kier alpha value is -1.07. The van der Waals surface area contributed by atoms with Gasteiger partial charge in [-0.2, -0.15) is 4.31 Å². The molecule has 0 bridgehead atoms. The van der Waals surface area contributed by atoms with E-state index < -0.39 is 25.9 Å². The molecule has 0 radical (unpaired) electrons. The first-order valence-electron chi connectivity index (χ1n) is 7.11. The third kappa shape index (κ3) is 5.21. The van der Waals surface area contributed by atoms with E-state index in [9.17, 15) is 21.2 Å². The fourth-order valence-electron chi connectivity index (χ4n) is 2.32. The number of halogens is 1. The summed E-state index contributed by atoms with van der Waals surface area (Å²) < 4.78 is 63.6. The lowest BCUT2D eigenvalue weighted by atomic mass is 10.3. The van der Waals surface area contributed by atoms with Crippen molar-refractivity contribution in [2.75, 3.05) is 45.5 Å². The van der Waals surface area contributed by atoms with Crippen LogP contribution in [0.4, 0.5) is 4.39 Å². The van der Waals surface area contributed by atoms with Crippen LogP contribution in [0, 0.1) is 5.82 Å². The van der Waals surface area contributed by atoms with Crippen LogP contribution < -0.4 is 4.72 Å². The maximum atomic E-state index is 12.8. The van der Waals surface area contributed by atoms with Crippen molar-refractivity contribution in [2.24, 2.45) is 0 Å². The third-order valence-corrected chi connectivity index (χ3v) is 6.42. The highest BCUT2D eigenvalue weighted by Gasteiger charge is 2.23. The molecule has 0 spiro atoms. The van der Waals surface area contributed by atoms with Crippen molar-refractivity contribution in [1.82, 2.24) is 13.9 Å². The summed E-state index contributed by atoms with van der Waals surface area (Å²) in [5.41, 5.74) is 0. The van der Waals surface area contributed by atoms with Gasteiger partial charge in [0.15, 0.2) is 0 Å². The largest absolute Gasteiger partial charge is 0.299 e. The summed E-state index contributed by atoms with van der Waals surface area (Å²) in [5.74, 6) is -0.493. The van der Waals surface area contributed by atoms with Gasteiger partial charge in [0.05, 0.1) is 11.2 Å². The van der Waals surface area contributed by atoms with Gasteiger partial charge in [0.1, 0.15) is 5.82 Å². The van der Waals surface area contributed by atoms with Gasteiger partial charge >= 0.3 is 0 Å². The zero-order valence-corrected chi connectivity index (χ0v) is 14.4. The molecular formula is C13H20FN3O4S2. The van der Waals surface area contributed by atoms with Gasteiger partial charge in [-0.05, 0) is 24.3 Å². The van der Waals surface area contributed by atoms with Gasteiger partial charge in [-0.3, -0.25) is 4.90 Å². The van der Waals surface area contributed by atoms with Crippen LogP contribution >= 0.6 is 0 Å². The van der Waals surface area contributed by atoms with Crippen molar-refractivity contribution in [3.8, 4) is 0 Å². The molecule has 0 unspecified atom stereocenters. The number of sulfonamides is 2. The molecule has 7 nitrogen and oxygen atoms in total. The van der Waals surface area contributed by atoms with E-state index in [1.165, 1.54) is 22.7 Å². The van der Waals surface area contributed by atoms with Crippen LogP contribution in [0.15, 0.2) is 29.2 Å². The number of benzene rings is 1. The molecule has 0 aromatic heterocycles. The molecule has 2 rings (SSSR count). The van der Waals surface area contributed by atoms with E-state index in [0.717, 1.165) is 12.1 Å². The van der Waals surface area contributed by atoms with Gasteiger partial charge in [-0.25, -0.2) is 25.9 Å². The second-order valence-corrected chi connectivity index (χ2v) is 9.10. The highest BCUT2D eigenvalue weighted by molar-refractivity contribution is 7.89. The van der Waals surface area contributed by atoms with Crippen molar-refractivity contribution < 1.29 is 21.2 Å². The molecule has 1 heterocycles. The minimum Gasteiger partial charge on any atom is -0.299 e. The molecule has 0 aliphatic carbocycles. The van der Waals surface area contributed by atoms with Crippen molar-refractivity contribution in [1.29, 1.82) is 0 Å². The van der Waals surface area contributed by atoms with Crippen molar-refractivity contribution in [3.63, 3.8) is 0 Å². The lowest BCUT2D eigenvalue weighted by molar-refractivity contribution is 0.192. The summed E-state index contributed by atoms with van der Waals surface area (Å²) in [5, 5.41) is 0. The van der Waals surface area contributed by atoms with E-state index in [4.69, 9.17) is 0 Å². The van der Waals surface area contributed by atoms with Gasteiger partial charge < -0.3 is 0 Å². The van der Waals surface area contributed by atoms with Gasteiger partial charge in [0, 0.05) is 39.3 Å². The molecule has 1 fully saturated rings. The standard InChI is InChI=1S/C13H20FN3O4S2/c1-22(18,19)17-10-8-16(9-11-17)7-6-15-23(20,21)13-4-2-12(14)3-5-13/h2-5,15H,6-11H2,1H3. The predicted molar refractivity (Wildman–Crippen MR) is 84.4 cm³/mol. The molecule has 1 aliphatic rings. The number of hydrogen-bond donors (Lipinski definition) is 1. The maximum absolute atomic E-state index is 12.8. The number of nitrogens with zero attached hydrogens (tertiary/aromatic N) is 2. The summed E-state index contributed by atoms with van der Waals surface area (Å²) in [6.07, 6.45) is 1.18. The first-order chi connectivity index (χ1) is 10.7. The monoisotopic (exact) mass is 365 g/mol. The second kappa shape index (κ2) is 7.22. The van der Waals surface area contributed by atoms with Gasteiger partial charge in [0.25, 0.3) is 0 Å². The molecule has 1 aliphatic heterocycles.